The van der Waals surface area contributed by atoms with Gasteiger partial charge in [-0.1, -0.05) is 84.4 Å². The first-order valence-electron chi connectivity index (χ1n) is 22.2. The number of nitrogens with zero attached hydrogens (tertiary/aromatic N) is 2. The predicted molar refractivity (Wildman–Crippen MR) is 247 cm³/mol. The van der Waals surface area contributed by atoms with E-state index in [2.05, 4.69) is 119 Å². The van der Waals surface area contributed by atoms with Crippen LogP contribution < -0.4 is 14.5 Å². The molecule has 11 rings (SSSR count). The summed E-state index contributed by atoms with van der Waals surface area (Å²) in [5.74, 6) is 2.86. The van der Waals surface area contributed by atoms with E-state index in [1.807, 2.05) is 0 Å². The Kier molecular flexibility index (Phi) is 11.1. The molecule has 0 atom stereocenters. The molecule has 62 heavy (non-hydrogen) atoms. The van der Waals surface area contributed by atoms with Crippen molar-refractivity contribution in [3.8, 4) is 17.1 Å². The van der Waals surface area contributed by atoms with Crippen molar-refractivity contribution in [3.63, 3.8) is 0 Å². The molecule has 6 aliphatic rings. The smallest absolute Gasteiger partial charge is 0.456 e. The molecular weight excluding hydrogens is 807 g/mol. The number of fused-ring (bicyclic) bond motifs is 4. The van der Waals surface area contributed by atoms with Gasteiger partial charge in [0.15, 0.2) is 0 Å². The number of aryl methyl sites for hydroxylation is 3. The highest BCUT2D eigenvalue weighted by molar-refractivity contribution is 6.50. The molecule has 0 unspecified atom stereocenters. The Balaban J connectivity index is 0.000000869. The van der Waals surface area contributed by atoms with Crippen molar-refractivity contribution in [1.29, 1.82) is 0 Å². The minimum absolute atomic E-state index is 0.876. The highest BCUT2D eigenvalue weighted by Gasteiger charge is 2.34. The topological polar surface area (TPSA) is 27.0 Å². The largest absolute Gasteiger partial charge is 0.673 e. The third-order valence-corrected chi connectivity index (χ3v) is 13.6. The Hall–Kier alpha value is -5.54. The number of benzene rings is 4. The molecule has 0 bridgehead atoms. The van der Waals surface area contributed by atoms with Crippen LogP contribution in [0, 0.1) is 0 Å². The maximum Gasteiger partial charge on any atom is 0.673 e. The van der Waals surface area contributed by atoms with Gasteiger partial charge in [0.05, 0.1) is 28.3 Å². The van der Waals surface area contributed by atoms with Crippen molar-refractivity contribution >= 4 is 58.6 Å². The molecule has 1 aliphatic carbocycles. The lowest BCUT2D eigenvalue weighted by Gasteiger charge is -2.39. The fraction of sp³-hybridized carbons (Fsp3) is 0.288. The first-order valence-corrected chi connectivity index (χ1v) is 22.5. The number of hydrogen-bond acceptors (Lipinski definition) is 3. The molecule has 6 heterocycles. The molecule has 0 spiro atoms. The number of allylic oxidation sites excluding steroid dienone is 8. The Labute approximate surface area is 365 Å². The van der Waals surface area contributed by atoms with Crippen LogP contribution in [0.15, 0.2) is 124 Å². The van der Waals surface area contributed by atoms with Gasteiger partial charge in [-0.05, 0) is 129 Å². The van der Waals surface area contributed by atoms with Gasteiger partial charge >= 0.3 is 18.6 Å². The summed E-state index contributed by atoms with van der Waals surface area (Å²) in [5.41, 5.74) is 17.8. The fourth-order valence-corrected chi connectivity index (χ4v) is 10.7. The highest BCUT2D eigenvalue weighted by atomic mass is 35.5. The molecule has 0 saturated carbocycles. The molecule has 4 aromatic carbocycles. The van der Waals surface area contributed by atoms with Crippen molar-refractivity contribution in [3.05, 3.63) is 158 Å². The van der Waals surface area contributed by atoms with Gasteiger partial charge < -0.3 is 31.8 Å². The zero-order valence-corrected chi connectivity index (χ0v) is 35.4. The maximum atomic E-state index is 9.75. The van der Waals surface area contributed by atoms with E-state index in [9.17, 15) is 17.3 Å². The van der Waals surface area contributed by atoms with Crippen LogP contribution >= 0.6 is 11.6 Å². The van der Waals surface area contributed by atoms with E-state index in [0.717, 1.165) is 110 Å². The van der Waals surface area contributed by atoms with Crippen LogP contribution in [-0.4, -0.2) is 33.4 Å². The molecule has 316 valence electrons. The van der Waals surface area contributed by atoms with Gasteiger partial charge in [0.1, 0.15) is 11.5 Å². The van der Waals surface area contributed by atoms with Gasteiger partial charge in [-0.25, -0.2) is 4.42 Å². The number of anilines is 2. The van der Waals surface area contributed by atoms with Crippen LogP contribution in [0.4, 0.5) is 28.6 Å². The van der Waals surface area contributed by atoms with E-state index < -0.39 is 7.25 Å². The first kappa shape index (κ1) is 40.5. The summed E-state index contributed by atoms with van der Waals surface area (Å²) in [4.78, 5) is 5.20. The van der Waals surface area contributed by atoms with Crippen molar-refractivity contribution in [1.82, 2.24) is 0 Å². The van der Waals surface area contributed by atoms with Crippen LogP contribution in [0.25, 0.3) is 39.7 Å². The Morgan fingerprint density at radius 1 is 0.645 bits per heavy atom. The summed E-state index contributed by atoms with van der Waals surface area (Å²) in [7, 11) is -6.00. The number of halogens is 5. The van der Waals surface area contributed by atoms with E-state index in [4.69, 9.17) is 20.8 Å². The van der Waals surface area contributed by atoms with E-state index in [1.165, 1.54) is 92.5 Å². The molecule has 4 nitrogen and oxygen atoms in total. The second-order valence-corrected chi connectivity index (χ2v) is 17.5. The van der Waals surface area contributed by atoms with Gasteiger partial charge in [0, 0.05) is 59.2 Å². The molecule has 5 aromatic rings. The Morgan fingerprint density at radius 3 is 1.95 bits per heavy atom. The van der Waals surface area contributed by atoms with Gasteiger partial charge in [-0.15, -0.1) is 0 Å². The predicted octanol–water partition coefficient (Wildman–Crippen LogP) is 14.2. The second kappa shape index (κ2) is 17.0. The summed E-state index contributed by atoms with van der Waals surface area (Å²) < 4.78 is 52.7. The van der Waals surface area contributed by atoms with Crippen LogP contribution in [0.3, 0.4) is 0 Å². The Morgan fingerprint density at radius 2 is 1.26 bits per heavy atom. The molecular formula is C52H48BClF4N2O2. The Bertz CT molecular complexity index is 2710. The van der Waals surface area contributed by atoms with Crippen molar-refractivity contribution in [2.24, 2.45) is 0 Å². The summed E-state index contributed by atoms with van der Waals surface area (Å²) >= 11 is 7.40. The first-order chi connectivity index (χ1) is 30.2. The summed E-state index contributed by atoms with van der Waals surface area (Å²) in [6.07, 6.45) is 23.5. The minimum atomic E-state index is -6.00. The third-order valence-electron chi connectivity index (χ3n) is 13.1. The average Bonchev–Trinajstić information content (AvgIpc) is 3.28. The fourth-order valence-electron chi connectivity index (χ4n) is 10.4. The monoisotopic (exact) mass is 854 g/mol. The summed E-state index contributed by atoms with van der Waals surface area (Å²) in [5, 5.41) is 2.08. The zero-order chi connectivity index (χ0) is 42.4. The average molecular weight is 855 g/mol. The number of ether oxygens (including phenoxy) is 1. The quantitative estimate of drug-likeness (QED) is 0.1000. The van der Waals surface area contributed by atoms with E-state index in [1.54, 1.807) is 0 Å². The van der Waals surface area contributed by atoms with Crippen molar-refractivity contribution in [2.45, 2.75) is 70.6 Å². The molecule has 1 aromatic heterocycles. The third kappa shape index (κ3) is 8.12. The standard InChI is InChI=1S/C52H48ClN2O2.BF4/c53-48-36(22-24-38-32-46(34-12-3-1-4-13-34)56-51-42-20-10-28-54-26-8-18-40(49(42)54)30-44(38)51)16-7-17-37(48)23-25-39-33-47(35-14-5-2-6-15-35)57-52-43-21-11-29-55-27-9-19-41(50(43)55)31-45(39)52;2-1(3,4)5/h1-6,12-15,22-25,30-33H,7-11,16-21,26-29H2;/q+1;-1. The van der Waals surface area contributed by atoms with E-state index in [-0.39, 0.29) is 0 Å². The molecule has 0 amide bonds. The molecule has 0 N–H and O–H groups in total. The number of rotatable bonds is 5. The van der Waals surface area contributed by atoms with Crippen molar-refractivity contribution in [2.75, 3.05) is 36.0 Å². The van der Waals surface area contributed by atoms with Crippen LogP contribution in [0.1, 0.15) is 83.9 Å². The summed E-state index contributed by atoms with van der Waals surface area (Å²) in [6.45, 7) is 4.56. The van der Waals surface area contributed by atoms with Gasteiger partial charge in [0.25, 0.3) is 0 Å². The van der Waals surface area contributed by atoms with E-state index in [0.29, 0.717) is 0 Å². The van der Waals surface area contributed by atoms with Crippen molar-refractivity contribution < 1.29 is 26.4 Å². The summed E-state index contributed by atoms with van der Waals surface area (Å²) in [6, 6.07) is 28.2. The van der Waals surface area contributed by atoms with Crippen LogP contribution in [0.2, 0.25) is 0 Å². The molecule has 0 fully saturated rings. The lowest BCUT2D eigenvalue weighted by Crippen LogP contribution is -2.35. The lowest BCUT2D eigenvalue weighted by molar-refractivity contribution is 0.368. The SMILES string of the molecule is ClC1=C(/C=C/c2cc(-c3ccccc3)[o+]c3c4c5c(cc23)CCCN5CCC4)CCC/C1=C\C=C1/C=C(c2ccccc2)Oc2c1cc1c3c2CCCN3CCC1.F[B-](F)(F)F. The minimum Gasteiger partial charge on any atom is -0.456 e. The lowest BCUT2D eigenvalue weighted by atomic mass is 9.85. The molecule has 10 heteroatoms. The normalized spacial score (nSPS) is 19.5. The maximum absolute atomic E-state index is 9.75. The molecule has 0 radical (unpaired) electrons. The van der Waals surface area contributed by atoms with Gasteiger partial charge in [-0.3, -0.25) is 0 Å². The van der Waals surface area contributed by atoms with Crippen LogP contribution in [0.5, 0.6) is 5.75 Å². The zero-order valence-electron chi connectivity index (χ0n) is 34.7. The molecule has 5 aliphatic heterocycles. The van der Waals surface area contributed by atoms with Gasteiger partial charge in [-0.2, -0.15) is 0 Å². The van der Waals surface area contributed by atoms with E-state index >= 15 is 0 Å². The number of hydrogen-bond donors (Lipinski definition) is 0. The van der Waals surface area contributed by atoms with Gasteiger partial charge in [0.2, 0.25) is 0 Å². The second-order valence-electron chi connectivity index (χ2n) is 17.1. The van der Waals surface area contributed by atoms with Crippen LogP contribution in [-0.2, 0) is 25.7 Å². The highest BCUT2D eigenvalue weighted by Crippen LogP contribution is 2.49. The molecule has 0 saturated heterocycles.